The van der Waals surface area contributed by atoms with Gasteiger partial charge in [-0.25, -0.2) is 9.97 Å². The van der Waals surface area contributed by atoms with Crippen molar-refractivity contribution in [1.29, 1.82) is 0 Å². The molecule has 150 valence electrons. The Morgan fingerprint density at radius 2 is 1.82 bits per heavy atom. The molecule has 1 atom stereocenters. The van der Waals surface area contributed by atoms with Crippen molar-refractivity contribution in [2.24, 2.45) is 0 Å². The van der Waals surface area contributed by atoms with Gasteiger partial charge in [0.2, 0.25) is 0 Å². The molecule has 1 aromatic heterocycles. The molecule has 0 radical (unpaired) electrons. The van der Waals surface area contributed by atoms with E-state index >= 15 is 0 Å². The molecule has 0 saturated carbocycles. The van der Waals surface area contributed by atoms with Gasteiger partial charge in [-0.05, 0) is 63.3 Å². The number of amides is 1. The number of aromatic nitrogens is 2. The van der Waals surface area contributed by atoms with Gasteiger partial charge in [-0.2, -0.15) is 0 Å². The number of likely N-dealkylation sites (tertiary alicyclic amines) is 1. The normalized spacial score (nSPS) is 20.0. The second-order valence-corrected chi connectivity index (χ2v) is 7.93. The molecule has 0 bridgehead atoms. The first-order valence-electron chi connectivity index (χ1n) is 9.47. The molecule has 28 heavy (non-hydrogen) atoms. The van der Waals surface area contributed by atoms with Crippen molar-refractivity contribution in [2.75, 3.05) is 19.7 Å². The Morgan fingerprint density at radius 3 is 2.46 bits per heavy atom. The second-order valence-electron chi connectivity index (χ2n) is 7.55. The van der Waals surface area contributed by atoms with Gasteiger partial charge < -0.3 is 14.7 Å². The van der Waals surface area contributed by atoms with Crippen molar-refractivity contribution >= 4 is 17.5 Å². The molecule has 7 heteroatoms. The number of rotatable bonds is 4. The average molecular weight is 404 g/mol. The minimum Gasteiger partial charge on any atom is -0.491 e. The number of benzene rings is 1. The number of carbonyl (C=O) groups is 1. The van der Waals surface area contributed by atoms with Gasteiger partial charge in [-0.1, -0.05) is 11.6 Å². The van der Waals surface area contributed by atoms with Crippen LogP contribution in [-0.4, -0.2) is 51.2 Å². The largest absolute Gasteiger partial charge is 0.491 e. The minimum absolute atomic E-state index is 0.103. The number of halogens is 1. The molecule has 1 saturated heterocycles. The molecular formula is C21H26ClN3O3. The molecular weight excluding hydrogens is 378 g/mol. The molecule has 0 spiro atoms. The number of ether oxygens (including phenoxy) is 1. The lowest BCUT2D eigenvalue weighted by Gasteiger charge is -2.27. The van der Waals surface area contributed by atoms with Crippen LogP contribution in [0.15, 0.2) is 24.5 Å². The van der Waals surface area contributed by atoms with Gasteiger partial charge in [0.05, 0.1) is 5.56 Å². The molecule has 2 aromatic rings. The van der Waals surface area contributed by atoms with Crippen LogP contribution in [0.25, 0.3) is 0 Å². The van der Waals surface area contributed by atoms with Crippen molar-refractivity contribution in [2.45, 2.75) is 45.6 Å². The van der Waals surface area contributed by atoms with Crippen LogP contribution in [0.3, 0.4) is 0 Å². The maximum atomic E-state index is 12.7. The molecule has 3 rings (SSSR count). The van der Waals surface area contributed by atoms with Crippen molar-refractivity contribution in [3.05, 3.63) is 52.1 Å². The van der Waals surface area contributed by atoms with Crippen molar-refractivity contribution in [3.8, 4) is 5.75 Å². The van der Waals surface area contributed by atoms with Crippen molar-refractivity contribution in [1.82, 2.24) is 14.9 Å². The van der Waals surface area contributed by atoms with E-state index < -0.39 is 5.60 Å². The summed E-state index contributed by atoms with van der Waals surface area (Å²) in [6.07, 6.45) is 4.84. The van der Waals surface area contributed by atoms with Crippen LogP contribution in [0.1, 0.15) is 46.6 Å². The Morgan fingerprint density at radius 1 is 1.18 bits per heavy atom. The fraction of sp³-hybridized carbons (Fsp3) is 0.476. The summed E-state index contributed by atoms with van der Waals surface area (Å²) in [4.78, 5) is 22.6. The Kier molecular flexibility index (Phi) is 6.20. The summed E-state index contributed by atoms with van der Waals surface area (Å²) in [7, 11) is 0. The van der Waals surface area contributed by atoms with E-state index in [1.165, 1.54) is 0 Å². The molecule has 1 fully saturated rings. The van der Waals surface area contributed by atoms with E-state index in [4.69, 9.17) is 16.3 Å². The number of nitrogens with zero attached hydrogens (tertiary/aromatic N) is 3. The highest BCUT2D eigenvalue weighted by molar-refractivity contribution is 6.32. The summed E-state index contributed by atoms with van der Waals surface area (Å²) in [5.74, 6) is 1.22. The molecule has 1 aliphatic rings. The predicted molar refractivity (Wildman–Crippen MR) is 108 cm³/mol. The Bertz CT molecular complexity index is 833. The molecule has 1 aromatic carbocycles. The Balaban J connectivity index is 1.62. The SMILES string of the molecule is Cc1ncc(C(=O)N2CCCC(O)(COc3cc(C)c(Cl)c(C)c3)CC2)cn1. The Hall–Kier alpha value is -2.18. The number of hydrogen-bond donors (Lipinski definition) is 1. The van der Waals surface area contributed by atoms with Crippen LogP contribution in [-0.2, 0) is 0 Å². The molecule has 1 amide bonds. The van der Waals surface area contributed by atoms with Gasteiger partial charge in [0.1, 0.15) is 23.8 Å². The second kappa shape index (κ2) is 8.45. The zero-order chi connectivity index (χ0) is 20.3. The average Bonchev–Trinajstić information content (AvgIpc) is 2.87. The lowest BCUT2D eigenvalue weighted by atomic mass is 9.96. The topological polar surface area (TPSA) is 75.6 Å². The van der Waals surface area contributed by atoms with Crippen LogP contribution < -0.4 is 4.74 Å². The maximum Gasteiger partial charge on any atom is 0.256 e. The first-order valence-corrected chi connectivity index (χ1v) is 9.85. The summed E-state index contributed by atoms with van der Waals surface area (Å²) in [5, 5.41) is 11.7. The summed E-state index contributed by atoms with van der Waals surface area (Å²) in [5.41, 5.74) is 1.39. The highest BCUT2D eigenvalue weighted by Gasteiger charge is 2.32. The van der Waals surface area contributed by atoms with E-state index in [1.807, 2.05) is 26.0 Å². The maximum absolute atomic E-state index is 12.7. The molecule has 2 heterocycles. The molecule has 6 nitrogen and oxygen atoms in total. The monoisotopic (exact) mass is 403 g/mol. The van der Waals surface area contributed by atoms with Crippen LogP contribution in [0.2, 0.25) is 5.02 Å². The number of hydrogen-bond acceptors (Lipinski definition) is 5. The third kappa shape index (κ3) is 4.80. The minimum atomic E-state index is -0.972. The molecule has 1 unspecified atom stereocenters. The van der Waals surface area contributed by atoms with E-state index in [0.717, 1.165) is 16.1 Å². The summed E-state index contributed by atoms with van der Waals surface area (Å²) in [6, 6.07) is 3.76. The molecule has 1 aliphatic heterocycles. The Labute approximate surface area is 170 Å². The van der Waals surface area contributed by atoms with Crippen LogP contribution >= 0.6 is 11.6 Å². The lowest BCUT2D eigenvalue weighted by molar-refractivity contribution is -0.0163. The van der Waals surface area contributed by atoms with Gasteiger partial charge >= 0.3 is 0 Å². The zero-order valence-corrected chi connectivity index (χ0v) is 17.3. The first-order chi connectivity index (χ1) is 13.3. The zero-order valence-electron chi connectivity index (χ0n) is 16.5. The number of aryl methyl sites for hydroxylation is 3. The third-order valence-corrected chi connectivity index (χ3v) is 5.75. The summed E-state index contributed by atoms with van der Waals surface area (Å²) >= 11 is 6.20. The van der Waals surface area contributed by atoms with Gasteiger partial charge in [-0.15, -0.1) is 0 Å². The highest BCUT2D eigenvalue weighted by Crippen LogP contribution is 2.28. The van der Waals surface area contributed by atoms with Crippen LogP contribution in [0, 0.1) is 20.8 Å². The standard InChI is InChI=1S/C21H26ClN3O3/c1-14-9-18(10-15(2)19(14)22)28-13-21(27)5-4-7-25(8-6-21)20(26)17-11-23-16(3)24-12-17/h9-12,27H,4-8,13H2,1-3H3. The summed E-state index contributed by atoms with van der Waals surface area (Å²) in [6.45, 7) is 6.88. The van der Waals surface area contributed by atoms with E-state index in [9.17, 15) is 9.90 Å². The smallest absolute Gasteiger partial charge is 0.256 e. The van der Waals surface area contributed by atoms with E-state index in [1.54, 1.807) is 24.2 Å². The van der Waals surface area contributed by atoms with Gasteiger partial charge in [0, 0.05) is 30.5 Å². The number of carbonyl (C=O) groups excluding carboxylic acids is 1. The number of aliphatic hydroxyl groups is 1. The molecule has 1 N–H and O–H groups in total. The predicted octanol–water partition coefficient (Wildman–Crippen LogP) is 3.49. The first kappa shape index (κ1) is 20.6. The van der Waals surface area contributed by atoms with E-state index in [-0.39, 0.29) is 12.5 Å². The summed E-state index contributed by atoms with van der Waals surface area (Å²) < 4.78 is 5.88. The van der Waals surface area contributed by atoms with Crippen LogP contribution in [0.5, 0.6) is 5.75 Å². The van der Waals surface area contributed by atoms with Crippen LogP contribution in [0.4, 0.5) is 0 Å². The van der Waals surface area contributed by atoms with E-state index in [0.29, 0.717) is 49.5 Å². The van der Waals surface area contributed by atoms with Crippen molar-refractivity contribution < 1.29 is 14.6 Å². The van der Waals surface area contributed by atoms with Gasteiger partial charge in [0.15, 0.2) is 0 Å². The fourth-order valence-electron chi connectivity index (χ4n) is 3.42. The fourth-order valence-corrected chi connectivity index (χ4v) is 3.53. The van der Waals surface area contributed by atoms with Crippen molar-refractivity contribution in [3.63, 3.8) is 0 Å². The quantitative estimate of drug-likeness (QED) is 0.845. The lowest BCUT2D eigenvalue weighted by Crippen LogP contribution is -2.38. The highest BCUT2D eigenvalue weighted by atomic mass is 35.5. The third-order valence-electron chi connectivity index (χ3n) is 5.15. The van der Waals surface area contributed by atoms with Gasteiger partial charge in [0.25, 0.3) is 5.91 Å². The van der Waals surface area contributed by atoms with Gasteiger partial charge in [-0.3, -0.25) is 4.79 Å². The van der Waals surface area contributed by atoms with E-state index in [2.05, 4.69) is 9.97 Å². The molecule has 0 aliphatic carbocycles.